The van der Waals surface area contributed by atoms with Crippen molar-refractivity contribution in [1.82, 2.24) is 0 Å². The molecule has 0 saturated carbocycles. The van der Waals surface area contributed by atoms with Crippen LogP contribution in [0.4, 0.5) is 0 Å². The van der Waals surface area contributed by atoms with Crippen molar-refractivity contribution < 1.29 is 44.7 Å². The number of halogens is 1. The summed E-state index contributed by atoms with van der Waals surface area (Å²) < 4.78 is 0. The van der Waals surface area contributed by atoms with Crippen LogP contribution in [0.2, 0.25) is 0 Å². The molecule has 0 amide bonds. The van der Waals surface area contributed by atoms with Crippen LogP contribution in [-0.2, 0) is 19.2 Å². The zero-order valence-electron chi connectivity index (χ0n) is 12.1. The molecule has 1 unspecified atom stereocenters. The number of aliphatic hydroxyl groups excluding tert-OH is 3. The highest BCUT2D eigenvalue weighted by molar-refractivity contribution is 14.0. The first-order chi connectivity index (χ1) is 9.38. The maximum Gasteiger partial charge on any atom is 0.194 e. The van der Waals surface area contributed by atoms with Crippen molar-refractivity contribution in [3.63, 3.8) is 0 Å². The molecule has 10 heteroatoms. The first kappa shape index (κ1) is 23.5. The molecule has 0 spiro atoms. The summed E-state index contributed by atoms with van der Waals surface area (Å²) in [5, 5.41) is 49.2. The Bertz CT molecular complexity index is 466. The van der Waals surface area contributed by atoms with E-state index in [0.717, 1.165) is 6.92 Å². The van der Waals surface area contributed by atoms with Crippen LogP contribution < -0.4 is 0 Å². The Hall–Kier alpha value is -0.790. The number of aliphatic hydroxyl groups is 5. The Morgan fingerprint density at radius 1 is 0.909 bits per heavy atom. The van der Waals surface area contributed by atoms with Gasteiger partial charge < -0.3 is 30.3 Å². The van der Waals surface area contributed by atoms with Gasteiger partial charge in [-0.3, -0.25) is 14.4 Å². The Morgan fingerprint density at radius 2 is 1.27 bits per heavy atom. The van der Waals surface area contributed by atoms with Crippen LogP contribution in [0.1, 0.15) is 20.8 Å². The number of carbonyl (C=O) groups excluding carboxylic acids is 4. The van der Waals surface area contributed by atoms with Gasteiger partial charge in [0.05, 0.1) is 0 Å². The molecule has 0 aliphatic rings. The van der Waals surface area contributed by atoms with Crippen molar-refractivity contribution in [2.24, 2.45) is 0 Å². The third kappa shape index (κ3) is 3.58. The van der Waals surface area contributed by atoms with E-state index < -0.39 is 46.9 Å². The van der Waals surface area contributed by atoms with Gasteiger partial charge in [-0.25, -0.2) is 0 Å². The number of rotatable bonds is 8. The molecule has 0 aromatic heterocycles. The number of aldehydes is 1. The largest absolute Gasteiger partial charge is 0.386 e. The molecular weight excluding hydrogens is 415 g/mol. The molecule has 0 aromatic rings. The van der Waals surface area contributed by atoms with Crippen LogP contribution in [0.5, 0.6) is 0 Å². The Morgan fingerprint density at radius 3 is 1.50 bits per heavy atom. The first-order valence-electron chi connectivity index (χ1n) is 5.85. The predicted octanol–water partition coefficient (Wildman–Crippen LogP) is -2.88. The number of hydrogen-bond donors (Lipinski definition) is 5. The number of hydrogen-bond acceptors (Lipinski definition) is 9. The molecule has 0 fully saturated rings. The van der Waals surface area contributed by atoms with Crippen LogP contribution in [0, 0.1) is 0 Å². The lowest BCUT2D eigenvalue weighted by Crippen LogP contribution is -2.75. The third-order valence-electron chi connectivity index (χ3n) is 3.36. The van der Waals surface area contributed by atoms with E-state index in [2.05, 4.69) is 0 Å². The molecule has 0 heterocycles. The van der Waals surface area contributed by atoms with Gasteiger partial charge >= 0.3 is 0 Å². The normalized spacial score (nSPS) is 20.4. The molecule has 5 atom stereocenters. The summed E-state index contributed by atoms with van der Waals surface area (Å²) in [6.45, 7) is 2.10. The Labute approximate surface area is 143 Å². The number of ketones is 3. The van der Waals surface area contributed by atoms with Crippen molar-refractivity contribution in [1.29, 1.82) is 0 Å². The van der Waals surface area contributed by atoms with Gasteiger partial charge in [0.1, 0.15) is 18.3 Å². The minimum atomic E-state index is -3.47. The van der Waals surface area contributed by atoms with E-state index in [1.54, 1.807) is 0 Å². The summed E-state index contributed by atoms with van der Waals surface area (Å²) in [6.07, 6.45) is -7.88. The van der Waals surface area contributed by atoms with E-state index in [1.165, 1.54) is 0 Å². The van der Waals surface area contributed by atoms with Crippen LogP contribution in [0.15, 0.2) is 0 Å². The number of carbonyl (C=O) groups is 4. The van der Waals surface area contributed by atoms with E-state index >= 15 is 0 Å². The van der Waals surface area contributed by atoms with Crippen molar-refractivity contribution in [2.75, 3.05) is 0 Å². The first-order valence-corrected chi connectivity index (χ1v) is 5.85. The SMILES string of the molecule is CC(=O)C(O)[C@@H](O)[C@](O)(C(C)=O)[C@@](O)(C(C)=O)[C@@H](O)C=O.I. The predicted molar refractivity (Wildman–Crippen MR) is 81.4 cm³/mol. The van der Waals surface area contributed by atoms with E-state index in [4.69, 9.17) is 0 Å². The average Bonchev–Trinajstić information content (AvgIpc) is 2.41. The molecule has 22 heavy (non-hydrogen) atoms. The van der Waals surface area contributed by atoms with E-state index in [1.807, 2.05) is 0 Å². The Balaban J connectivity index is 0. The molecule has 0 aromatic carbocycles. The van der Waals surface area contributed by atoms with Crippen molar-refractivity contribution >= 4 is 47.6 Å². The van der Waals surface area contributed by atoms with Crippen LogP contribution in [0.3, 0.4) is 0 Å². The molecular formula is C12H19IO9. The standard InChI is InChI=1S/C12H18O9.HI/c1-5(14)9(18)10(19)12(21,7(3)16)11(20,6(2)15)8(17)4-13;/h4,8-10,17-21H,1-3H3;1H/t8-,9?,10+,11+,12+;/m0./s1. The summed E-state index contributed by atoms with van der Waals surface area (Å²) in [5.74, 6) is -3.93. The average molecular weight is 434 g/mol. The smallest absolute Gasteiger partial charge is 0.194 e. The highest BCUT2D eigenvalue weighted by Gasteiger charge is 2.65. The Kier molecular flexibility index (Phi) is 8.72. The van der Waals surface area contributed by atoms with E-state index in [-0.39, 0.29) is 30.3 Å². The third-order valence-corrected chi connectivity index (χ3v) is 3.36. The molecule has 0 radical (unpaired) electrons. The van der Waals surface area contributed by atoms with Gasteiger partial charge in [-0.1, -0.05) is 0 Å². The zero-order chi connectivity index (χ0) is 17.2. The zero-order valence-corrected chi connectivity index (χ0v) is 14.4. The van der Waals surface area contributed by atoms with Crippen molar-refractivity contribution in [3.8, 4) is 0 Å². The van der Waals surface area contributed by atoms with Crippen LogP contribution >= 0.6 is 24.0 Å². The summed E-state index contributed by atoms with van der Waals surface area (Å²) in [6, 6.07) is 0. The summed E-state index contributed by atoms with van der Waals surface area (Å²) in [5.41, 5.74) is -6.90. The molecule has 9 nitrogen and oxygen atoms in total. The molecule has 0 bridgehead atoms. The summed E-state index contributed by atoms with van der Waals surface area (Å²) >= 11 is 0. The number of Topliss-reactive ketones (excluding diaryl/α,β-unsaturated/α-hetero) is 3. The molecule has 5 N–H and O–H groups in total. The van der Waals surface area contributed by atoms with Crippen molar-refractivity contribution in [2.45, 2.75) is 50.3 Å². The molecule has 0 rings (SSSR count). The fourth-order valence-corrected chi connectivity index (χ4v) is 1.95. The van der Waals surface area contributed by atoms with Gasteiger partial charge in [-0.2, -0.15) is 0 Å². The van der Waals surface area contributed by atoms with Gasteiger partial charge in [-0.05, 0) is 20.8 Å². The van der Waals surface area contributed by atoms with Gasteiger partial charge in [0.2, 0.25) is 0 Å². The molecule has 0 aliphatic carbocycles. The van der Waals surface area contributed by atoms with Gasteiger partial charge in [0.15, 0.2) is 34.8 Å². The van der Waals surface area contributed by atoms with Gasteiger partial charge in [0.25, 0.3) is 0 Å². The molecule has 0 saturated heterocycles. The topological polar surface area (TPSA) is 169 Å². The van der Waals surface area contributed by atoms with Gasteiger partial charge in [0, 0.05) is 0 Å². The summed E-state index contributed by atoms with van der Waals surface area (Å²) in [7, 11) is 0. The lowest BCUT2D eigenvalue weighted by molar-refractivity contribution is -0.232. The minimum absolute atomic E-state index is 0. The maximum atomic E-state index is 11.6. The highest BCUT2D eigenvalue weighted by Crippen LogP contribution is 2.33. The van der Waals surface area contributed by atoms with Crippen molar-refractivity contribution in [3.05, 3.63) is 0 Å². The molecule has 0 aliphatic heterocycles. The summed E-state index contributed by atoms with van der Waals surface area (Å²) in [4.78, 5) is 44.9. The quantitative estimate of drug-likeness (QED) is 0.199. The fraction of sp³-hybridized carbons (Fsp3) is 0.667. The van der Waals surface area contributed by atoms with Crippen LogP contribution in [-0.4, -0.2) is 78.7 Å². The minimum Gasteiger partial charge on any atom is -0.386 e. The second kappa shape index (κ2) is 8.17. The maximum absolute atomic E-state index is 11.6. The molecule has 128 valence electrons. The van der Waals surface area contributed by atoms with Gasteiger partial charge in [-0.15, -0.1) is 24.0 Å². The van der Waals surface area contributed by atoms with E-state index in [0.29, 0.717) is 13.8 Å². The van der Waals surface area contributed by atoms with Crippen LogP contribution in [0.25, 0.3) is 0 Å². The lowest BCUT2D eigenvalue weighted by atomic mass is 9.69. The lowest BCUT2D eigenvalue weighted by Gasteiger charge is -2.44. The monoisotopic (exact) mass is 434 g/mol. The van der Waals surface area contributed by atoms with E-state index in [9.17, 15) is 44.7 Å². The second-order valence-electron chi connectivity index (χ2n) is 4.73. The second-order valence-corrected chi connectivity index (χ2v) is 4.73. The fourth-order valence-electron chi connectivity index (χ4n) is 1.95. The highest BCUT2D eigenvalue weighted by atomic mass is 127.